The summed E-state index contributed by atoms with van der Waals surface area (Å²) in [4.78, 5) is 2.43. The lowest BCUT2D eigenvalue weighted by Crippen LogP contribution is -2.53. The summed E-state index contributed by atoms with van der Waals surface area (Å²) in [6, 6.07) is 5.59. The fourth-order valence-corrected chi connectivity index (χ4v) is 5.12. The van der Waals surface area contributed by atoms with Gasteiger partial charge in [-0.25, -0.2) is 8.42 Å². The number of hydrogen-bond donors (Lipinski definition) is 1. The summed E-state index contributed by atoms with van der Waals surface area (Å²) in [5.74, 6) is 0. The van der Waals surface area contributed by atoms with Crippen LogP contribution >= 0.6 is 12.2 Å². The fraction of sp³-hybridized carbons (Fsp3) is 0.588. The first-order chi connectivity index (χ1) is 12.0. The number of nitrogens with zero attached hydrogens (tertiary/aromatic N) is 2. The third-order valence-electron chi connectivity index (χ3n) is 4.82. The lowest BCUT2D eigenvalue weighted by molar-refractivity contribution is 0.201. The summed E-state index contributed by atoms with van der Waals surface area (Å²) in [6.45, 7) is 3.35. The monoisotopic (exact) mass is 383 g/mol. The predicted octanol–water partition coefficient (Wildman–Crippen LogP) is 1.00. The first-order valence-electron chi connectivity index (χ1n) is 8.66. The summed E-state index contributed by atoms with van der Waals surface area (Å²) in [7, 11) is -1.78. The van der Waals surface area contributed by atoms with E-state index < -0.39 is 10.0 Å². The van der Waals surface area contributed by atoms with Crippen molar-refractivity contribution >= 4 is 27.4 Å². The first-order valence-corrected chi connectivity index (χ1v) is 10.5. The van der Waals surface area contributed by atoms with Crippen LogP contribution < -0.4 is 5.32 Å². The van der Waals surface area contributed by atoms with Gasteiger partial charge in [0.1, 0.15) is 0 Å². The number of methoxy groups -OCH3 is 1. The zero-order valence-corrected chi connectivity index (χ0v) is 16.2. The number of nitrogens with one attached hydrogen (secondary N) is 1. The summed E-state index contributed by atoms with van der Waals surface area (Å²) in [6.07, 6.45) is 3.15. The largest absolute Gasteiger partial charge is 0.383 e. The number of fused-ring (bicyclic) bond motifs is 1. The average Bonchev–Trinajstić information content (AvgIpc) is 3.09. The summed E-state index contributed by atoms with van der Waals surface area (Å²) < 4.78 is 32.4. The third kappa shape index (κ3) is 4.13. The van der Waals surface area contributed by atoms with Gasteiger partial charge in [0.05, 0.1) is 11.5 Å². The Morgan fingerprint density at radius 3 is 2.64 bits per heavy atom. The van der Waals surface area contributed by atoms with Gasteiger partial charge in [0.25, 0.3) is 0 Å². The molecule has 0 amide bonds. The van der Waals surface area contributed by atoms with Gasteiger partial charge in [0, 0.05) is 39.8 Å². The molecule has 0 spiro atoms. The van der Waals surface area contributed by atoms with E-state index in [2.05, 4.69) is 5.32 Å². The standard InChI is InChI=1S/C17H25N3O3S2/c1-23-12-7-18-17(24)19-8-10-20(11-9-19)25(21,22)16-6-5-14-3-2-4-15(14)13-16/h5-6,13H,2-4,7-12H2,1H3,(H,18,24). The third-order valence-corrected chi connectivity index (χ3v) is 7.11. The molecule has 2 aliphatic rings. The smallest absolute Gasteiger partial charge is 0.243 e. The number of ether oxygens (including phenoxy) is 1. The van der Waals surface area contributed by atoms with Crippen molar-refractivity contribution in [2.45, 2.75) is 24.2 Å². The van der Waals surface area contributed by atoms with Gasteiger partial charge in [-0.2, -0.15) is 4.31 Å². The SMILES string of the molecule is COCCNC(=S)N1CCN(S(=O)(=O)c2ccc3c(c2)CCC3)CC1. The molecule has 1 aromatic rings. The molecule has 138 valence electrons. The van der Waals surface area contributed by atoms with Gasteiger partial charge in [-0.15, -0.1) is 0 Å². The zero-order valence-electron chi connectivity index (χ0n) is 14.5. The van der Waals surface area contributed by atoms with E-state index in [1.165, 1.54) is 11.1 Å². The molecule has 0 bridgehead atoms. The lowest BCUT2D eigenvalue weighted by Gasteiger charge is -2.35. The Morgan fingerprint density at radius 2 is 1.92 bits per heavy atom. The number of rotatable bonds is 5. The average molecular weight is 384 g/mol. The lowest BCUT2D eigenvalue weighted by atomic mass is 10.1. The Hall–Kier alpha value is -1.22. The maximum Gasteiger partial charge on any atom is 0.243 e. The van der Waals surface area contributed by atoms with Crippen LogP contribution in [-0.4, -0.2) is 69.2 Å². The maximum absolute atomic E-state index is 12.9. The van der Waals surface area contributed by atoms with Gasteiger partial charge >= 0.3 is 0 Å². The molecule has 1 N–H and O–H groups in total. The van der Waals surface area contributed by atoms with E-state index >= 15 is 0 Å². The van der Waals surface area contributed by atoms with Gasteiger partial charge in [-0.05, 0) is 54.7 Å². The first kappa shape index (κ1) is 18.6. The second kappa shape index (κ2) is 7.99. The van der Waals surface area contributed by atoms with Gasteiger partial charge < -0.3 is 15.0 Å². The Morgan fingerprint density at radius 1 is 1.20 bits per heavy atom. The topological polar surface area (TPSA) is 61.9 Å². The molecule has 0 atom stereocenters. The van der Waals surface area contributed by atoms with Crippen LogP contribution in [0.25, 0.3) is 0 Å². The molecular weight excluding hydrogens is 358 g/mol. The van der Waals surface area contributed by atoms with E-state index in [9.17, 15) is 8.42 Å². The molecule has 1 fully saturated rings. The van der Waals surface area contributed by atoms with Crippen molar-refractivity contribution in [2.75, 3.05) is 46.4 Å². The number of hydrogen-bond acceptors (Lipinski definition) is 4. The second-order valence-electron chi connectivity index (χ2n) is 6.40. The van der Waals surface area contributed by atoms with Gasteiger partial charge in [-0.3, -0.25) is 0 Å². The molecule has 1 heterocycles. The molecule has 0 unspecified atom stereocenters. The van der Waals surface area contributed by atoms with Crippen molar-refractivity contribution in [1.29, 1.82) is 0 Å². The second-order valence-corrected chi connectivity index (χ2v) is 8.72. The van der Waals surface area contributed by atoms with E-state index in [-0.39, 0.29) is 0 Å². The van der Waals surface area contributed by atoms with E-state index in [1.807, 2.05) is 17.0 Å². The van der Waals surface area contributed by atoms with E-state index in [1.54, 1.807) is 17.5 Å². The minimum atomic E-state index is -3.43. The van der Waals surface area contributed by atoms with Crippen LogP contribution in [0.5, 0.6) is 0 Å². The molecule has 6 nitrogen and oxygen atoms in total. The highest BCUT2D eigenvalue weighted by Gasteiger charge is 2.30. The minimum absolute atomic E-state index is 0.419. The normalized spacial score (nSPS) is 18.2. The molecule has 0 saturated carbocycles. The highest BCUT2D eigenvalue weighted by Crippen LogP contribution is 2.26. The van der Waals surface area contributed by atoms with E-state index in [4.69, 9.17) is 17.0 Å². The van der Waals surface area contributed by atoms with Crippen LogP contribution in [0.4, 0.5) is 0 Å². The number of benzene rings is 1. The van der Waals surface area contributed by atoms with Gasteiger partial charge in [0.15, 0.2) is 5.11 Å². The number of piperazine rings is 1. The number of thiocarbonyl (C=S) groups is 1. The number of sulfonamides is 1. The van der Waals surface area contributed by atoms with Crippen molar-refractivity contribution in [2.24, 2.45) is 0 Å². The molecule has 25 heavy (non-hydrogen) atoms. The highest BCUT2D eigenvalue weighted by molar-refractivity contribution is 7.89. The number of aryl methyl sites for hydroxylation is 2. The van der Waals surface area contributed by atoms with Crippen molar-refractivity contribution in [3.05, 3.63) is 29.3 Å². The molecule has 0 aromatic heterocycles. The fourth-order valence-electron chi connectivity index (χ4n) is 3.36. The Balaban J connectivity index is 1.61. The van der Waals surface area contributed by atoms with Crippen LogP contribution in [0.15, 0.2) is 23.1 Å². The summed E-state index contributed by atoms with van der Waals surface area (Å²) in [5, 5.41) is 3.79. The Bertz CT molecular complexity index is 729. The molecule has 1 aromatic carbocycles. The Kier molecular flexibility index (Phi) is 5.93. The molecular formula is C17H25N3O3S2. The Labute approximate surface area is 155 Å². The van der Waals surface area contributed by atoms with Gasteiger partial charge in [0.2, 0.25) is 10.0 Å². The van der Waals surface area contributed by atoms with E-state index in [0.29, 0.717) is 49.3 Å². The van der Waals surface area contributed by atoms with E-state index in [0.717, 1.165) is 19.3 Å². The molecule has 0 radical (unpaired) electrons. The van der Waals surface area contributed by atoms with Crippen molar-refractivity contribution in [1.82, 2.24) is 14.5 Å². The molecule has 1 aliphatic carbocycles. The molecule has 1 aliphatic heterocycles. The quantitative estimate of drug-likeness (QED) is 0.605. The minimum Gasteiger partial charge on any atom is -0.383 e. The zero-order chi connectivity index (χ0) is 17.9. The predicted molar refractivity (Wildman–Crippen MR) is 101 cm³/mol. The molecule has 3 rings (SSSR count). The highest BCUT2D eigenvalue weighted by atomic mass is 32.2. The van der Waals surface area contributed by atoms with Crippen molar-refractivity contribution < 1.29 is 13.2 Å². The van der Waals surface area contributed by atoms with Crippen LogP contribution in [0.1, 0.15) is 17.5 Å². The van der Waals surface area contributed by atoms with Crippen molar-refractivity contribution in [3.63, 3.8) is 0 Å². The van der Waals surface area contributed by atoms with Crippen LogP contribution in [0, 0.1) is 0 Å². The van der Waals surface area contributed by atoms with Gasteiger partial charge in [-0.1, -0.05) is 6.07 Å². The van der Waals surface area contributed by atoms with Crippen LogP contribution in [0.2, 0.25) is 0 Å². The summed E-state index contributed by atoms with van der Waals surface area (Å²) in [5.41, 5.74) is 2.47. The van der Waals surface area contributed by atoms with Crippen LogP contribution in [-0.2, 0) is 27.6 Å². The van der Waals surface area contributed by atoms with Crippen molar-refractivity contribution in [3.8, 4) is 0 Å². The molecule has 8 heteroatoms. The maximum atomic E-state index is 12.9. The van der Waals surface area contributed by atoms with Crippen LogP contribution in [0.3, 0.4) is 0 Å². The summed E-state index contributed by atoms with van der Waals surface area (Å²) >= 11 is 5.36. The molecule has 1 saturated heterocycles.